The molecule has 0 spiro atoms. The molecule has 0 fully saturated rings. The first-order valence-corrected chi connectivity index (χ1v) is 16.2. The Balaban J connectivity index is 1.99. The number of carbonyl (C=O) groups is 1. The Bertz CT molecular complexity index is 1130. The van der Waals surface area contributed by atoms with E-state index in [-0.39, 0.29) is 6.09 Å². The van der Waals surface area contributed by atoms with Crippen LogP contribution in [-0.4, -0.2) is 16.3 Å². The average molecular weight is 569 g/mol. The predicted octanol–water partition coefficient (Wildman–Crippen LogP) is 6.65. The van der Waals surface area contributed by atoms with E-state index in [4.69, 9.17) is 4.74 Å². The first-order valence-electron chi connectivity index (χ1n) is 11.0. The average Bonchev–Trinajstić information content (AvgIpc) is 3.28. The van der Waals surface area contributed by atoms with Crippen LogP contribution in [0.3, 0.4) is 0 Å². The van der Waals surface area contributed by atoms with Crippen molar-refractivity contribution in [2.75, 3.05) is 0 Å². The summed E-state index contributed by atoms with van der Waals surface area (Å²) in [5.74, 6) is 0. The van der Waals surface area contributed by atoms with E-state index in [9.17, 15) is 4.79 Å². The number of halogens is 1. The van der Waals surface area contributed by atoms with Crippen molar-refractivity contribution in [1.29, 1.82) is 0 Å². The number of hydrogen-bond donors (Lipinski definition) is 0. The van der Waals surface area contributed by atoms with Crippen molar-refractivity contribution >= 4 is 48.3 Å². The zero-order valence-electron chi connectivity index (χ0n) is 19.2. The second kappa shape index (κ2) is 9.08. The Morgan fingerprint density at radius 1 is 0.758 bits per heavy atom. The quantitative estimate of drug-likeness (QED) is 0.199. The van der Waals surface area contributed by atoms with Crippen molar-refractivity contribution in [3.05, 3.63) is 115 Å². The maximum absolute atomic E-state index is 13.1. The van der Waals surface area contributed by atoms with Crippen molar-refractivity contribution < 1.29 is 9.53 Å². The molecule has 3 nitrogen and oxygen atoms in total. The van der Waals surface area contributed by atoms with Gasteiger partial charge in [-0.2, -0.15) is 0 Å². The van der Waals surface area contributed by atoms with Crippen molar-refractivity contribution in [1.82, 2.24) is 4.57 Å². The fraction of sp³-hybridized carbons (Fsp3) is 0.179. The third-order valence-electron chi connectivity index (χ3n) is 5.77. The van der Waals surface area contributed by atoms with Crippen LogP contribution in [0.2, 0.25) is 0 Å². The van der Waals surface area contributed by atoms with Gasteiger partial charge in [0.1, 0.15) is 0 Å². The number of benzene rings is 3. The molecule has 0 bridgehead atoms. The molecule has 5 heteroatoms. The molecular weight excluding hydrogens is 540 g/mol. The Morgan fingerprint density at radius 3 is 1.58 bits per heavy atom. The molecule has 0 atom stereocenters. The standard InChI is InChI=1S/C28H29INO2P/c1-28(2,3)32-27(31)30-21-13-14-23(30)22-33(29,24-15-7-4-8-16-24,25-17-9-5-10-18-25)26-19-11-6-12-20-26/h4-21H,22H2,1-3H3. The van der Waals surface area contributed by atoms with Crippen molar-refractivity contribution in [2.45, 2.75) is 32.5 Å². The number of rotatable bonds is 5. The summed E-state index contributed by atoms with van der Waals surface area (Å²) in [6, 6.07) is 36.1. The molecular formula is C28H29INO2P. The van der Waals surface area contributed by atoms with Crippen LogP contribution in [0.5, 0.6) is 0 Å². The fourth-order valence-corrected chi connectivity index (χ4v) is 12.9. The summed E-state index contributed by atoms with van der Waals surface area (Å²) in [5, 5.41) is 3.83. The van der Waals surface area contributed by atoms with Gasteiger partial charge < -0.3 is 0 Å². The molecule has 0 saturated carbocycles. The van der Waals surface area contributed by atoms with Crippen molar-refractivity contribution in [3.63, 3.8) is 0 Å². The number of carbonyl (C=O) groups excluding carboxylic acids is 1. The third kappa shape index (κ3) is 4.51. The summed E-state index contributed by atoms with van der Waals surface area (Å²) >= 11 is 2.74. The molecule has 1 heterocycles. The monoisotopic (exact) mass is 569 g/mol. The van der Waals surface area contributed by atoms with E-state index in [1.807, 2.05) is 39.1 Å². The number of nitrogens with zero attached hydrogens (tertiary/aromatic N) is 1. The SMILES string of the molecule is CC(C)(C)OC(=O)n1cccc1CP(I)(c1ccccc1)(c1ccccc1)c1ccccc1. The maximum atomic E-state index is 13.1. The van der Waals surface area contributed by atoms with Gasteiger partial charge in [-0.1, -0.05) is 0 Å². The first-order chi connectivity index (χ1) is 15.7. The van der Waals surface area contributed by atoms with Gasteiger partial charge in [0.05, 0.1) is 0 Å². The summed E-state index contributed by atoms with van der Waals surface area (Å²) in [4.78, 5) is 13.1. The Labute approximate surface area is 209 Å². The van der Waals surface area contributed by atoms with Gasteiger partial charge in [-0.25, -0.2) is 0 Å². The molecule has 0 radical (unpaired) electrons. The summed E-state index contributed by atoms with van der Waals surface area (Å²) < 4.78 is 4.35. The van der Waals surface area contributed by atoms with Crippen LogP contribution in [0.15, 0.2) is 109 Å². The summed E-state index contributed by atoms with van der Waals surface area (Å²) in [6.07, 6.45) is 2.15. The second-order valence-electron chi connectivity index (χ2n) is 9.20. The molecule has 4 aromatic rings. The second-order valence-corrected chi connectivity index (χ2v) is 19.8. The van der Waals surface area contributed by atoms with Gasteiger partial charge in [0.15, 0.2) is 0 Å². The van der Waals surface area contributed by atoms with Crippen LogP contribution >= 0.6 is 26.3 Å². The molecule has 0 saturated heterocycles. The van der Waals surface area contributed by atoms with Gasteiger partial charge in [0.25, 0.3) is 0 Å². The van der Waals surface area contributed by atoms with E-state index in [2.05, 4.69) is 113 Å². The van der Waals surface area contributed by atoms with Gasteiger partial charge in [0, 0.05) is 0 Å². The molecule has 0 aliphatic rings. The van der Waals surface area contributed by atoms with Gasteiger partial charge >= 0.3 is 210 Å². The number of aromatic nitrogens is 1. The van der Waals surface area contributed by atoms with Gasteiger partial charge in [-0.05, 0) is 0 Å². The molecule has 3 aromatic carbocycles. The Morgan fingerprint density at radius 2 is 1.18 bits per heavy atom. The molecule has 170 valence electrons. The summed E-state index contributed by atoms with van der Waals surface area (Å²) in [6.45, 7) is 5.68. The van der Waals surface area contributed by atoms with E-state index >= 15 is 0 Å². The van der Waals surface area contributed by atoms with E-state index in [0.717, 1.165) is 5.69 Å². The fourth-order valence-electron chi connectivity index (χ4n) is 4.28. The van der Waals surface area contributed by atoms with E-state index in [0.29, 0.717) is 6.16 Å². The Hall–Kier alpha value is -2.43. The van der Waals surface area contributed by atoms with Gasteiger partial charge in [-0.3, -0.25) is 0 Å². The molecule has 0 aliphatic heterocycles. The zero-order chi connectivity index (χ0) is 23.6. The Kier molecular flexibility index (Phi) is 6.52. The summed E-state index contributed by atoms with van der Waals surface area (Å²) in [7, 11) is 0. The molecule has 33 heavy (non-hydrogen) atoms. The first kappa shape index (κ1) is 23.7. The predicted molar refractivity (Wildman–Crippen MR) is 149 cm³/mol. The molecule has 0 unspecified atom stereocenters. The minimum absolute atomic E-state index is 0.349. The van der Waals surface area contributed by atoms with Crippen LogP contribution in [-0.2, 0) is 10.9 Å². The third-order valence-corrected chi connectivity index (χ3v) is 16.8. The van der Waals surface area contributed by atoms with E-state index < -0.39 is 9.85 Å². The number of hydrogen-bond acceptors (Lipinski definition) is 2. The minimum atomic E-state index is -3.04. The molecule has 4 rings (SSSR count). The normalized spacial score (nSPS) is 13.2. The van der Waals surface area contributed by atoms with Crippen molar-refractivity contribution in [3.8, 4) is 0 Å². The van der Waals surface area contributed by atoms with Crippen LogP contribution in [0.4, 0.5) is 4.79 Å². The van der Waals surface area contributed by atoms with Crippen LogP contribution < -0.4 is 15.9 Å². The molecule has 0 amide bonds. The molecule has 0 N–H and O–H groups in total. The van der Waals surface area contributed by atoms with Gasteiger partial charge in [0.2, 0.25) is 0 Å². The zero-order valence-corrected chi connectivity index (χ0v) is 22.2. The number of ether oxygens (including phenoxy) is 1. The summed E-state index contributed by atoms with van der Waals surface area (Å²) in [5.41, 5.74) is 0.375. The van der Waals surface area contributed by atoms with Gasteiger partial charge in [-0.15, -0.1) is 0 Å². The van der Waals surface area contributed by atoms with Crippen LogP contribution in [0.25, 0.3) is 0 Å². The molecule has 1 aromatic heterocycles. The van der Waals surface area contributed by atoms with Crippen molar-refractivity contribution in [2.24, 2.45) is 0 Å². The molecule has 0 aliphatic carbocycles. The van der Waals surface area contributed by atoms with E-state index in [1.54, 1.807) is 4.57 Å². The van der Waals surface area contributed by atoms with Crippen LogP contribution in [0.1, 0.15) is 26.5 Å². The van der Waals surface area contributed by atoms with E-state index in [1.165, 1.54) is 15.9 Å². The topological polar surface area (TPSA) is 31.2 Å². The van der Waals surface area contributed by atoms with Crippen LogP contribution in [0, 0.1) is 0 Å².